The number of ether oxygens (including phenoxy) is 1. The molecule has 1 rings (SSSR count). The molecule has 0 saturated heterocycles. The quantitative estimate of drug-likeness (QED) is 0.667. The molecule has 0 bridgehead atoms. The van der Waals surface area contributed by atoms with Gasteiger partial charge >= 0.3 is 5.97 Å². The van der Waals surface area contributed by atoms with Gasteiger partial charge in [-0.1, -0.05) is 0 Å². The molecule has 0 radical (unpaired) electrons. The number of nitrogens with zero attached hydrogens (tertiary/aromatic N) is 3. The first-order chi connectivity index (χ1) is 6.69. The highest BCUT2D eigenvalue weighted by molar-refractivity contribution is 5.93. The van der Waals surface area contributed by atoms with Crippen LogP contribution in [0.3, 0.4) is 0 Å². The highest BCUT2D eigenvalue weighted by Gasteiger charge is 2.12. The van der Waals surface area contributed by atoms with E-state index in [0.29, 0.717) is 0 Å². The van der Waals surface area contributed by atoms with Gasteiger partial charge in [0.05, 0.1) is 6.61 Å². The van der Waals surface area contributed by atoms with Gasteiger partial charge in [-0.15, -0.1) is 0 Å². The second kappa shape index (κ2) is 4.18. The van der Waals surface area contributed by atoms with Gasteiger partial charge in [-0.2, -0.15) is 5.26 Å². The SMILES string of the molecule is CCOC(=O)c1cnc(C#N)nc1N. The summed E-state index contributed by atoms with van der Waals surface area (Å²) in [6.07, 6.45) is 1.18. The Morgan fingerprint density at radius 1 is 1.79 bits per heavy atom. The van der Waals surface area contributed by atoms with Gasteiger partial charge < -0.3 is 10.5 Å². The van der Waals surface area contributed by atoms with Crippen LogP contribution in [-0.4, -0.2) is 22.5 Å². The molecular weight excluding hydrogens is 184 g/mol. The monoisotopic (exact) mass is 192 g/mol. The van der Waals surface area contributed by atoms with E-state index in [9.17, 15) is 4.79 Å². The van der Waals surface area contributed by atoms with Crippen molar-refractivity contribution in [2.75, 3.05) is 12.3 Å². The molecule has 0 spiro atoms. The van der Waals surface area contributed by atoms with E-state index in [4.69, 9.17) is 15.7 Å². The molecular formula is C8H8N4O2. The number of carbonyl (C=O) groups is 1. The van der Waals surface area contributed by atoms with Crippen molar-refractivity contribution in [2.24, 2.45) is 0 Å². The highest BCUT2D eigenvalue weighted by atomic mass is 16.5. The number of nitriles is 1. The average molecular weight is 192 g/mol. The number of rotatable bonds is 2. The van der Waals surface area contributed by atoms with E-state index in [0.717, 1.165) is 0 Å². The van der Waals surface area contributed by atoms with Crippen LogP contribution in [0.15, 0.2) is 6.20 Å². The van der Waals surface area contributed by atoms with E-state index in [1.54, 1.807) is 13.0 Å². The van der Waals surface area contributed by atoms with Crippen molar-refractivity contribution in [3.8, 4) is 6.07 Å². The molecule has 0 amide bonds. The third-order valence-electron chi connectivity index (χ3n) is 1.41. The first kappa shape index (κ1) is 9.92. The zero-order valence-electron chi connectivity index (χ0n) is 7.52. The molecule has 0 aliphatic carbocycles. The molecule has 0 unspecified atom stereocenters. The fraction of sp³-hybridized carbons (Fsp3) is 0.250. The van der Waals surface area contributed by atoms with E-state index in [1.165, 1.54) is 6.20 Å². The van der Waals surface area contributed by atoms with E-state index in [2.05, 4.69) is 9.97 Å². The summed E-state index contributed by atoms with van der Waals surface area (Å²) in [5.41, 5.74) is 5.50. The third-order valence-corrected chi connectivity index (χ3v) is 1.41. The summed E-state index contributed by atoms with van der Waals surface area (Å²) >= 11 is 0. The molecule has 0 saturated carbocycles. The Hall–Kier alpha value is -2.16. The van der Waals surface area contributed by atoms with E-state index < -0.39 is 5.97 Å². The summed E-state index contributed by atoms with van der Waals surface area (Å²) in [4.78, 5) is 18.4. The summed E-state index contributed by atoms with van der Waals surface area (Å²) < 4.78 is 4.70. The lowest BCUT2D eigenvalue weighted by molar-refractivity contribution is 0.0526. The summed E-state index contributed by atoms with van der Waals surface area (Å²) in [7, 11) is 0. The first-order valence-electron chi connectivity index (χ1n) is 3.88. The molecule has 0 fully saturated rings. The van der Waals surface area contributed by atoms with Crippen LogP contribution in [0.25, 0.3) is 0 Å². The number of esters is 1. The van der Waals surface area contributed by atoms with Crippen LogP contribution in [0, 0.1) is 11.3 Å². The van der Waals surface area contributed by atoms with Crippen molar-refractivity contribution in [1.82, 2.24) is 9.97 Å². The van der Waals surface area contributed by atoms with Gasteiger partial charge in [-0.25, -0.2) is 14.8 Å². The average Bonchev–Trinajstić information content (AvgIpc) is 2.17. The van der Waals surface area contributed by atoms with Gasteiger partial charge in [0.2, 0.25) is 5.82 Å². The maximum atomic E-state index is 11.2. The largest absolute Gasteiger partial charge is 0.462 e. The Morgan fingerprint density at radius 3 is 3.00 bits per heavy atom. The highest BCUT2D eigenvalue weighted by Crippen LogP contribution is 2.08. The van der Waals surface area contributed by atoms with E-state index in [-0.39, 0.29) is 23.8 Å². The second-order valence-electron chi connectivity index (χ2n) is 2.32. The number of anilines is 1. The van der Waals surface area contributed by atoms with Crippen LogP contribution < -0.4 is 5.73 Å². The van der Waals surface area contributed by atoms with Gasteiger partial charge in [0.15, 0.2) is 0 Å². The van der Waals surface area contributed by atoms with Crippen LogP contribution in [0.5, 0.6) is 0 Å². The number of hydrogen-bond acceptors (Lipinski definition) is 6. The Labute approximate surface area is 80.3 Å². The van der Waals surface area contributed by atoms with Crippen molar-refractivity contribution in [3.05, 3.63) is 17.6 Å². The Kier molecular flexibility index (Phi) is 2.97. The number of aromatic nitrogens is 2. The molecule has 14 heavy (non-hydrogen) atoms. The van der Waals surface area contributed by atoms with Crippen molar-refractivity contribution >= 4 is 11.8 Å². The lowest BCUT2D eigenvalue weighted by Gasteiger charge is -2.02. The predicted octanol–water partition coefficient (Wildman–Crippen LogP) is 0.107. The predicted molar refractivity (Wildman–Crippen MR) is 47.1 cm³/mol. The van der Waals surface area contributed by atoms with Gasteiger partial charge in [0.1, 0.15) is 17.5 Å². The molecule has 0 aromatic carbocycles. The zero-order valence-corrected chi connectivity index (χ0v) is 7.52. The summed E-state index contributed by atoms with van der Waals surface area (Å²) in [6, 6.07) is 1.71. The minimum Gasteiger partial charge on any atom is -0.462 e. The van der Waals surface area contributed by atoms with Crippen LogP contribution in [0.4, 0.5) is 5.82 Å². The smallest absolute Gasteiger partial charge is 0.343 e. The Balaban J connectivity index is 3.01. The molecule has 0 atom stereocenters. The maximum Gasteiger partial charge on any atom is 0.343 e. The number of nitrogens with two attached hydrogens (primary N) is 1. The number of hydrogen-bond donors (Lipinski definition) is 1. The molecule has 1 aromatic rings. The molecule has 6 heteroatoms. The van der Waals surface area contributed by atoms with Crippen molar-refractivity contribution in [1.29, 1.82) is 5.26 Å². The van der Waals surface area contributed by atoms with Gasteiger partial charge in [-0.05, 0) is 6.92 Å². The standard InChI is InChI=1S/C8H8N4O2/c1-2-14-8(13)5-4-11-6(3-9)12-7(5)10/h4H,2H2,1H3,(H2,10,11,12). The normalized spacial score (nSPS) is 9.14. The topological polar surface area (TPSA) is 102 Å². The molecule has 1 aromatic heterocycles. The van der Waals surface area contributed by atoms with E-state index >= 15 is 0 Å². The fourth-order valence-corrected chi connectivity index (χ4v) is 0.815. The first-order valence-corrected chi connectivity index (χ1v) is 3.88. The Bertz CT molecular complexity index is 397. The lowest BCUT2D eigenvalue weighted by atomic mass is 10.3. The molecule has 0 aliphatic heterocycles. The summed E-state index contributed by atoms with van der Waals surface area (Å²) in [6.45, 7) is 1.93. The van der Waals surface area contributed by atoms with E-state index in [1.807, 2.05) is 0 Å². The molecule has 0 aliphatic rings. The summed E-state index contributed by atoms with van der Waals surface area (Å²) in [5.74, 6) is -0.708. The number of carbonyl (C=O) groups excluding carboxylic acids is 1. The van der Waals surface area contributed by atoms with Gasteiger partial charge in [0.25, 0.3) is 0 Å². The minimum atomic E-state index is -0.588. The summed E-state index contributed by atoms with van der Waals surface area (Å²) in [5, 5.41) is 8.45. The van der Waals surface area contributed by atoms with Crippen molar-refractivity contribution < 1.29 is 9.53 Å². The fourth-order valence-electron chi connectivity index (χ4n) is 0.815. The van der Waals surface area contributed by atoms with Crippen LogP contribution in [0.1, 0.15) is 23.1 Å². The van der Waals surface area contributed by atoms with Crippen LogP contribution >= 0.6 is 0 Å². The van der Waals surface area contributed by atoms with Gasteiger partial charge in [0, 0.05) is 6.20 Å². The van der Waals surface area contributed by atoms with Crippen LogP contribution in [0.2, 0.25) is 0 Å². The molecule has 1 heterocycles. The third kappa shape index (κ3) is 1.95. The lowest BCUT2D eigenvalue weighted by Crippen LogP contribution is -2.10. The minimum absolute atomic E-state index is 0.0463. The second-order valence-corrected chi connectivity index (χ2v) is 2.32. The number of nitrogen functional groups attached to an aromatic ring is 1. The maximum absolute atomic E-state index is 11.2. The van der Waals surface area contributed by atoms with Gasteiger partial charge in [-0.3, -0.25) is 0 Å². The van der Waals surface area contributed by atoms with Crippen LogP contribution in [-0.2, 0) is 4.74 Å². The van der Waals surface area contributed by atoms with Crippen molar-refractivity contribution in [3.63, 3.8) is 0 Å². The molecule has 2 N–H and O–H groups in total. The zero-order chi connectivity index (χ0) is 10.6. The molecule has 6 nitrogen and oxygen atoms in total. The van der Waals surface area contributed by atoms with Crippen molar-refractivity contribution in [2.45, 2.75) is 6.92 Å². The molecule has 72 valence electrons. The Morgan fingerprint density at radius 2 is 2.50 bits per heavy atom.